The summed E-state index contributed by atoms with van der Waals surface area (Å²) in [6.07, 6.45) is 42.6. The Bertz CT molecular complexity index is 1420. The van der Waals surface area contributed by atoms with Crippen LogP contribution in [0.3, 0.4) is 0 Å². The topological polar surface area (TPSA) is 214 Å². The second kappa shape index (κ2) is 53.1. The monoisotopic (exact) mass is 1070 g/mol. The van der Waals surface area contributed by atoms with E-state index in [0.717, 1.165) is 64.2 Å². The van der Waals surface area contributed by atoms with Crippen LogP contribution in [0.25, 0.3) is 0 Å². The van der Waals surface area contributed by atoms with Gasteiger partial charge in [-0.15, -0.1) is 0 Å². The molecule has 0 aromatic heterocycles. The van der Waals surface area contributed by atoms with Crippen LogP contribution in [0.15, 0.2) is 0 Å². The van der Waals surface area contributed by atoms with Crippen molar-refractivity contribution in [1.29, 1.82) is 0 Å². The van der Waals surface area contributed by atoms with Crippen molar-refractivity contribution in [2.75, 3.05) is 24.7 Å². The number of unbranched alkanes of at least 4 members (excludes halogenated alkanes) is 34. The number of ether oxygens (including phenoxy) is 2. The van der Waals surface area contributed by atoms with Crippen LogP contribution in [0.5, 0.6) is 0 Å². The molecule has 0 fully saturated rings. The Kier molecular flexibility index (Phi) is 50.6. The van der Waals surface area contributed by atoms with Gasteiger partial charge < -0.3 is 35.6 Å². The van der Waals surface area contributed by atoms with Crippen LogP contribution in [0, 0.1) is 0 Å². The van der Waals surface area contributed by atoms with Gasteiger partial charge in [0.15, 0.2) is 0 Å². The molecule has 14 nitrogen and oxygen atoms in total. The Morgan fingerprint density at radius 1 is 0.419 bits per heavy atom. The fourth-order valence-corrected chi connectivity index (χ4v) is 10.0. The summed E-state index contributed by atoms with van der Waals surface area (Å²) >= 11 is 1.24. The minimum atomic E-state index is -1.46. The predicted molar refractivity (Wildman–Crippen MR) is 301 cm³/mol. The zero-order chi connectivity index (χ0) is 54.5. The molecule has 0 aliphatic carbocycles. The van der Waals surface area contributed by atoms with Gasteiger partial charge in [-0.3, -0.25) is 28.8 Å². The number of amides is 3. The van der Waals surface area contributed by atoms with E-state index in [9.17, 15) is 38.7 Å². The maximum absolute atomic E-state index is 13.5. The molecular weight excluding hydrogens is 959 g/mol. The number of rotatable bonds is 56. The van der Waals surface area contributed by atoms with Gasteiger partial charge in [-0.05, 0) is 25.7 Å². The van der Waals surface area contributed by atoms with Crippen LogP contribution in [-0.4, -0.2) is 94.7 Å². The molecule has 432 valence electrons. The maximum Gasteiger partial charge on any atom is 0.326 e. The summed E-state index contributed by atoms with van der Waals surface area (Å²) in [5, 5.41) is 26.0. The molecule has 0 saturated carbocycles. The quantitative estimate of drug-likeness (QED) is 0.0284. The largest absolute Gasteiger partial charge is 0.481 e. The highest BCUT2D eigenvalue weighted by Crippen LogP contribution is 2.18. The van der Waals surface area contributed by atoms with Gasteiger partial charge >= 0.3 is 23.9 Å². The molecule has 0 aliphatic rings. The van der Waals surface area contributed by atoms with Crippen molar-refractivity contribution in [3.63, 3.8) is 0 Å². The summed E-state index contributed by atoms with van der Waals surface area (Å²) in [7, 11) is 0. The summed E-state index contributed by atoms with van der Waals surface area (Å²) in [4.78, 5) is 88.1. The highest BCUT2D eigenvalue weighted by molar-refractivity contribution is 7.99. The number of hydrogen-bond donors (Lipinski definition) is 5. The number of carboxylic acids is 2. The van der Waals surface area contributed by atoms with Crippen LogP contribution >= 0.6 is 11.8 Å². The lowest BCUT2D eigenvalue weighted by atomic mass is 10.0. The van der Waals surface area contributed by atoms with Gasteiger partial charge in [0.25, 0.3) is 0 Å². The predicted octanol–water partition coefficient (Wildman–Crippen LogP) is 13.9. The molecule has 15 heteroatoms. The Balaban J connectivity index is 5.42. The molecule has 0 rings (SSSR count). The second-order valence-corrected chi connectivity index (χ2v) is 21.9. The molecular formula is C59H109N3O11S. The first-order chi connectivity index (χ1) is 35.9. The second-order valence-electron chi connectivity index (χ2n) is 20.8. The molecule has 3 atom stereocenters. The number of nitrogens with one attached hydrogen (secondary N) is 3. The van der Waals surface area contributed by atoms with E-state index in [1.54, 1.807) is 0 Å². The van der Waals surface area contributed by atoms with E-state index in [1.165, 1.54) is 172 Å². The smallest absolute Gasteiger partial charge is 0.326 e. The lowest BCUT2D eigenvalue weighted by Crippen LogP contribution is -2.51. The lowest BCUT2D eigenvalue weighted by molar-refractivity contribution is -0.157. The van der Waals surface area contributed by atoms with E-state index in [4.69, 9.17) is 14.6 Å². The Labute approximate surface area is 454 Å². The first kappa shape index (κ1) is 70.6. The number of carbonyl (C=O) groups is 7. The summed E-state index contributed by atoms with van der Waals surface area (Å²) in [6.45, 7) is 5.96. The maximum atomic E-state index is 13.5. The SMILES string of the molecule is CCCCCCCCCCCCCCCC(=O)OC[C@H](CSC[C@H](NC(=O)CCCCCCCCCCCCC)C(=O)NCC(=O)N[C@H](CCC(=O)O)C(=O)O)OC(=O)CCCCCCCCCCCCCCC. The summed E-state index contributed by atoms with van der Waals surface area (Å²) in [6, 6.07) is -2.55. The van der Waals surface area contributed by atoms with Gasteiger partial charge in [0, 0.05) is 37.2 Å². The third-order valence-electron chi connectivity index (χ3n) is 13.6. The van der Waals surface area contributed by atoms with E-state index in [-0.39, 0.29) is 61.6 Å². The number of esters is 2. The van der Waals surface area contributed by atoms with E-state index in [2.05, 4.69) is 36.7 Å². The summed E-state index contributed by atoms with van der Waals surface area (Å²) in [5.41, 5.74) is 0. The van der Waals surface area contributed by atoms with E-state index in [0.29, 0.717) is 12.8 Å². The van der Waals surface area contributed by atoms with Gasteiger partial charge in [-0.2, -0.15) is 11.8 Å². The Morgan fingerprint density at radius 2 is 0.784 bits per heavy atom. The van der Waals surface area contributed by atoms with E-state index >= 15 is 0 Å². The third kappa shape index (κ3) is 48.3. The molecule has 0 aromatic rings. The molecule has 0 unspecified atom stereocenters. The number of aliphatic carboxylic acids is 2. The highest BCUT2D eigenvalue weighted by atomic mass is 32.2. The molecule has 0 saturated heterocycles. The number of carbonyl (C=O) groups excluding carboxylic acids is 5. The van der Waals surface area contributed by atoms with Crippen LogP contribution < -0.4 is 16.0 Å². The minimum Gasteiger partial charge on any atom is -0.481 e. The fraction of sp³-hybridized carbons (Fsp3) is 0.881. The number of hydrogen-bond acceptors (Lipinski definition) is 10. The standard InChI is InChI=1S/C59H109N3O11S/c1-4-7-10-13-16-19-22-24-27-30-33-36-39-42-56(67)72-47-50(73-57(68)43-40-37-34-31-28-25-23-20-17-14-11-8-5-2)48-74-49-52(58(69)60-46-54(64)61-51(59(70)71)44-45-55(65)66)62-53(63)41-38-35-32-29-26-21-18-15-12-9-6-3/h50-52H,4-49H2,1-3H3,(H,60,69)(H,61,64)(H,62,63)(H,65,66)(H,70,71)/t50-,51-,52+/m1/s1. The first-order valence-electron chi connectivity index (χ1n) is 30.2. The molecule has 0 bridgehead atoms. The first-order valence-corrected chi connectivity index (χ1v) is 31.3. The van der Waals surface area contributed by atoms with Crippen LogP contribution in [-0.2, 0) is 43.0 Å². The molecule has 0 radical (unpaired) electrons. The van der Waals surface area contributed by atoms with Gasteiger partial charge in [-0.1, -0.05) is 239 Å². The Morgan fingerprint density at radius 3 is 1.18 bits per heavy atom. The summed E-state index contributed by atoms with van der Waals surface area (Å²) in [5.74, 6) is -4.94. The average molecular weight is 1070 g/mol. The molecule has 0 heterocycles. The molecule has 3 amide bonds. The minimum absolute atomic E-state index is 0.0492. The Hall–Kier alpha value is -3.36. The van der Waals surface area contributed by atoms with Crippen LogP contribution in [0.2, 0.25) is 0 Å². The molecule has 0 aliphatic heterocycles. The third-order valence-corrected chi connectivity index (χ3v) is 14.8. The van der Waals surface area contributed by atoms with Crippen molar-refractivity contribution >= 4 is 53.4 Å². The van der Waals surface area contributed by atoms with Gasteiger partial charge in [0.1, 0.15) is 24.8 Å². The van der Waals surface area contributed by atoms with Gasteiger partial charge in [0.05, 0.1) is 6.54 Å². The fourth-order valence-electron chi connectivity index (χ4n) is 8.97. The zero-order valence-corrected chi connectivity index (χ0v) is 48.1. The van der Waals surface area contributed by atoms with Gasteiger partial charge in [0.2, 0.25) is 17.7 Å². The van der Waals surface area contributed by atoms with E-state index in [1.807, 2.05) is 0 Å². The summed E-state index contributed by atoms with van der Waals surface area (Å²) < 4.78 is 11.5. The number of thioether (sulfide) groups is 1. The average Bonchev–Trinajstić information content (AvgIpc) is 3.37. The van der Waals surface area contributed by atoms with Crippen molar-refractivity contribution < 1.29 is 53.2 Å². The van der Waals surface area contributed by atoms with Crippen LogP contribution in [0.1, 0.15) is 290 Å². The zero-order valence-electron chi connectivity index (χ0n) is 47.2. The normalized spacial score (nSPS) is 12.4. The van der Waals surface area contributed by atoms with Crippen molar-refractivity contribution in [1.82, 2.24) is 16.0 Å². The van der Waals surface area contributed by atoms with Crippen molar-refractivity contribution in [2.24, 2.45) is 0 Å². The highest BCUT2D eigenvalue weighted by Gasteiger charge is 2.26. The van der Waals surface area contributed by atoms with E-state index < -0.39 is 54.9 Å². The molecule has 0 spiro atoms. The molecule has 74 heavy (non-hydrogen) atoms. The number of carboxylic acid groups (broad SMARTS) is 2. The molecule has 5 N–H and O–H groups in total. The van der Waals surface area contributed by atoms with Crippen LogP contribution in [0.4, 0.5) is 0 Å². The van der Waals surface area contributed by atoms with Crippen molar-refractivity contribution in [3.05, 3.63) is 0 Å². The van der Waals surface area contributed by atoms with Crippen molar-refractivity contribution in [3.8, 4) is 0 Å². The molecule has 0 aromatic carbocycles. The lowest BCUT2D eigenvalue weighted by Gasteiger charge is -2.21. The van der Waals surface area contributed by atoms with Crippen molar-refractivity contribution in [2.45, 2.75) is 309 Å². The van der Waals surface area contributed by atoms with Gasteiger partial charge in [-0.25, -0.2) is 4.79 Å².